The van der Waals surface area contributed by atoms with Gasteiger partial charge in [-0.2, -0.15) is 0 Å². The quantitative estimate of drug-likeness (QED) is 0.287. The van der Waals surface area contributed by atoms with Crippen molar-refractivity contribution in [1.82, 2.24) is 0 Å². The minimum Gasteiger partial charge on any atom is -0.501 e. The fraction of sp³-hybridized carbons (Fsp3) is 0.875. The molecule has 0 N–H and O–H groups in total. The van der Waals surface area contributed by atoms with Gasteiger partial charge < -0.3 is 9.47 Å². The van der Waals surface area contributed by atoms with Gasteiger partial charge in [0.1, 0.15) is 0 Å². The molecule has 2 aliphatic rings. The third-order valence-corrected chi connectivity index (χ3v) is 2.89. The van der Waals surface area contributed by atoms with Crippen LogP contribution in [0.1, 0.15) is 54.4 Å². The summed E-state index contributed by atoms with van der Waals surface area (Å²) in [4.78, 5) is 0. The molecule has 2 aliphatic heterocycles. The van der Waals surface area contributed by atoms with Crippen molar-refractivity contribution in [2.24, 2.45) is 17.8 Å². The molecule has 0 amide bonds. The normalized spacial score (nSPS) is 22.0. The van der Waals surface area contributed by atoms with Crippen molar-refractivity contribution < 1.29 is 9.47 Å². The zero-order valence-corrected chi connectivity index (χ0v) is 20.9. The maximum absolute atomic E-state index is 5.43. The third-order valence-electron chi connectivity index (χ3n) is 2.89. The molecule has 0 aromatic carbocycles. The van der Waals surface area contributed by atoms with Crippen molar-refractivity contribution in [2.75, 3.05) is 13.2 Å². The monoisotopic (exact) mass is 638 g/mol. The Bertz CT molecular complexity index is 213. The van der Waals surface area contributed by atoms with E-state index in [9.17, 15) is 0 Å². The summed E-state index contributed by atoms with van der Waals surface area (Å²) in [6.45, 7) is 15.1. The van der Waals surface area contributed by atoms with Crippen LogP contribution in [0.25, 0.3) is 0 Å². The van der Waals surface area contributed by atoms with Gasteiger partial charge in [-0.05, 0) is 37.2 Å². The first-order chi connectivity index (χ1) is 9.45. The second-order valence-corrected chi connectivity index (χ2v) is 6.04. The molecule has 0 saturated carbocycles. The zero-order valence-electron chi connectivity index (χ0n) is 14.3. The second-order valence-electron chi connectivity index (χ2n) is 6.04. The Morgan fingerprint density at radius 3 is 1.71 bits per heavy atom. The maximum Gasteiger partial charge on any atom is 0.0908 e. The smallest absolute Gasteiger partial charge is 0.0908 e. The van der Waals surface area contributed by atoms with Crippen LogP contribution in [0.2, 0.25) is 0 Å². The van der Waals surface area contributed by atoms with Crippen molar-refractivity contribution in [3.05, 3.63) is 12.3 Å². The van der Waals surface area contributed by atoms with Crippen LogP contribution in [0.4, 0.5) is 0 Å². The highest BCUT2D eigenvalue weighted by Gasteiger charge is 2.26. The van der Waals surface area contributed by atoms with Gasteiger partial charge in [-0.15, -0.1) is 24.0 Å². The molecule has 2 nitrogen and oxygen atoms in total. The number of rotatable bonds is 1. The fourth-order valence-electron chi connectivity index (χ4n) is 1.96. The molecule has 21 heavy (non-hydrogen) atoms. The van der Waals surface area contributed by atoms with Crippen molar-refractivity contribution in [2.45, 2.75) is 60.5 Å². The zero-order chi connectivity index (χ0) is 16.0. The molecule has 0 spiro atoms. The van der Waals surface area contributed by atoms with Gasteiger partial charge in [-0.25, -0.2) is 0 Å². The maximum atomic E-state index is 5.43. The molecule has 2 heterocycles. The van der Waals surface area contributed by atoms with Gasteiger partial charge in [-0.3, -0.25) is 0 Å². The molecule has 0 bridgehead atoms. The van der Waals surface area contributed by atoms with E-state index in [1.807, 2.05) is 6.08 Å². The summed E-state index contributed by atoms with van der Waals surface area (Å²) in [5.41, 5.74) is 0. The van der Waals surface area contributed by atoms with Gasteiger partial charge in [0.2, 0.25) is 0 Å². The molecule has 1 saturated heterocycles. The second kappa shape index (κ2) is 19.7. The predicted molar refractivity (Wildman–Crippen MR) is 122 cm³/mol. The molecular formula is C16H33I3O2. The van der Waals surface area contributed by atoms with Gasteiger partial charge in [0.15, 0.2) is 0 Å². The van der Waals surface area contributed by atoms with E-state index in [4.69, 9.17) is 9.47 Å². The Labute approximate surface area is 172 Å². The topological polar surface area (TPSA) is 18.5 Å². The summed E-state index contributed by atoms with van der Waals surface area (Å²) in [6, 6.07) is 0. The number of ether oxygens (including phenoxy) is 2. The number of hydrogen-bond acceptors (Lipinski definition) is 2. The highest BCUT2D eigenvalue weighted by Crippen LogP contribution is 2.26. The van der Waals surface area contributed by atoms with Gasteiger partial charge >= 0.3 is 0 Å². The first-order valence-electron chi connectivity index (χ1n) is 7.47. The summed E-state index contributed by atoms with van der Waals surface area (Å²) in [7, 11) is 0. The fourth-order valence-corrected chi connectivity index (χ4v) is 1.96. The molecule has 130 valence electrons. The van der Waals surface area contributed by atoms with Gasteiger partial charge in [0.05, 0.1) is 19.0 Å². The largest absolute Gasteiger partial charge is 0.501 e. The van der Waals surface area contributed by atoms with Crippen LogP contribution >= 0.6 is 61.2 Å². The Balaban J connectivity index is -0.000000232. The number of hydrogen-bond donors (Lipinski definition) is 0. The van der Waals surface area contributed by atoms with Crippen LogP contribution in [-0.2, 0) is 9.47 Å². The van der Waals surface area contributed by atoms with Crippen molar-refractivity contribution >= 4 is 61.2 Å². The van der Waals surface area contributed by atoms with E-state index in [-0.39, 0.29) is 24.0 Å². The van der Waals surface area contributed by atoms with E-state index in [1.54, 1.807) is 6.26 Å². The first-order valence-corrected chi connectivity index (χ1v) is 13.8. The SMILES string of the molecule is C1=COCC1.CC(C)C.CC(C)C1CCOC1C.I.II. The first kappa shape index (κ1) is 27.5. The van der Waals surface area contributed by atoms with Gasteiger partial charge in [-0.1, -0.05) is 34.6 Å². The van der Waals surface area contributed by atoms with E-state index < -0.39 is 0 Å². The van der Waals surface area contributed by atoms with Gasteiger partial charge in [0, 0.05) is 50.3 Å². The van der Waals surface area contributed by atoms with Crippen LogP contribution < -0.4 is 0 Å². The minimum absolute atomic E-state index is 0. The van der Waals surface area contributed by atoms with E-state index >= 15 is 0 Å². The van der Waals surface area contributed by atoms with E-state index in [0.717, 1.165) is 37.4 Å². The molecule has 0 aliphatic carbocycles. The van der Waals surface area contributed by atoms with Crippen LogP contribution in [0.15, 0.2) is 12.3 Å². The van der Waals surface area contributed by atoms with Crippen molar-refractivity contribution in [1.29, 1.82) is 0 Å². The van der Waals surface area contributed by atoms with E-state index in [0.29, 0.717) is 6.10 Å². The molecule has 0 aromatic heterocycles. The average molecular weight is 638 g/mol. The summed E-state index contributed by atoms with van der Waals surface area (Å²) >= 11 is 4.24. The summed E-state index contributed by atoms with van der Waals surface area (Å²) < 4.78 is 10.2. The summed E-state index contributed by atoms with van der Waals surface area (Å²) in [5.74, 6) is 2.44. The lowest BCUT2D eigenvalue weighted by molar-refractivity contribution is 0.0946. The molecule has 2 atom stereocenters. The Morgan fingerprint density at radius 1 is 1.05 bits per heavy atom. The highest BCUT2D eigenvalue weighted by atomic mass is 128. The Morgan fingerprint density at radius 2 is 1.57 bits per heavy atom. The minimum atomic E-state index is 0. The van der Waals surface area contributed by atoms with Crippen LogP contribution in [0.3, 0.4) is 0 Å². The molecule has 5 heteroatoms. The van der Waals surface area contributed by atoms with E-state index in [1.165, 1.54) is 6.42 Å². The third kappa shape index (κ3) is 19.6. The van der Waals surface area contributed by atoms with Crippen LogP contribution in [-0.4, -0.2) is 19.3 Å². The summed E-state index contributed by atoms with van der Waals surface area (Å²) in [5, 5.41) is 0. The lowest BCUT2D eigenvalue weighted by atomic mass is 9.90. The lowest BCUT2D eigenvalue weighted by Crippen LogP contribution is -2.16. The predicted octanol–water partition coefficient (Wildman–Crippen LogP) is 7.04. The summed E-state index contributed by atoms with van der Waals surface area (Å²) in [6.07, 6.45) is 6.61. The molecule has 0 radical (unpaired) electrons. The standard InChI is InChI=1S/C8H16O.C4H6O.C4H10.I2.HI/c1-6(2)8-4-5-9-7(8)3;1-2-4-5-3-1;1-4(2)3;1-2;/h6-8H,4-5H2,1-3H3;1,3H,2,4H2;4H,1-3H3;;1H. The lowest BCUT2D eigenvalue weighted by Gasteiger charge is -2.17. The number of halogens is 3. The van der Waals surface area contributed by atoms with Crippen molar-refractivity contribution in [3.63, 3.8) is 0 Å². The molecule has 2 rings (SSSR count). The van der Waals surface area contributed by atoms with Gasteiger partial charge in [0.25, 0.3) is 0 Å². The van der Waals surface area contributed by atoms with Crippen LogP contribution in [0, 0.1) is 17.8 Å². The molecule has 2 unspecified atom stereocenters. The van der Waals surface area contributed by atoms with Crippen molar-refractivity contribution in [3.8, 4) is 0 Å². The Kier molecular flexibility index (Phi) is 25.9. The molecule has 1 fully saturated rings. The average Bonchev–Trinajstić information content (AvgIpc) is 3.03. The Hall–Kier alpha value is 1.69. The molecular weight excluding hydrogens is 605 g/mol. The van der Waals surface area contributed by atoms with E-state index in [2.05, 4.69) is 78.8 Å². The van der Waals surface area contributed by atoms with Crippen LogP contribution in [0.5, 0.6) is 0 Å². The molecule has 0 aromatic rings. The highest BCUT2D eigenvalue weighted by molar-refractivity contribution is 15.0.